The van der Waals surface area contributed by atoms with Crippen molar-refractivity contribution in [3.63, 3.8) is 0 Å². The van der Waals surface area contributed by atoms with Crippen LogP contribution in [0.15, 0.2) is 30.5 Å². The SMILES string of the molecule is Cc1c(C(=O)N[C@H]2CC[C@@H](NC(=O)O)CC2)c2nccc(-c3cc(F)ccc3OCC3CC3)c2n1COCC[Si](C)(C)C. The predicted octanol–water partition coefficient (Wildman–Crippen LogP) is 6.56. The van der Waals surface area contributed by atoms with E-state index in [1.54, 1.807) is 12.3 Å². The average molecular weight is 611 g/mol. The van der Waals surface area contributed by atoms with Crippen LogP contribution in [0.3, 0.4) is 0 Å². The third-order valence-corrected chi connectivity index (χ3v) is 10.1. The first-order valence-electron chi connectivity index (χ1n) is 15.3. The number of ether oxygens (including phenoxy) is 2. The smallest absolute Gasteiger partial charge is 0.404 e. The number of aromatic nitrogens is 2. The fourth-order valence-corrected chi connectivity index (χ4v) is 6.47. The fourth-order valence-electron chi connectivity index (χ4n) is 5.71. The van der Waals surface area contributed by atoms with Crippen LogP contribution in [0.2, 0.25) is 25.7 Å². The Hall–Kier alpha value is -3.44. The summed E-state index contributed by atoms with van der Waals surface area (Å²) in [5.41, 5.74) is 3.76. The van der Waals surface area contributed by atoms with E-state index in [1.807, 2.05) is 17.6 Å². The van der Waals surface area contributed by atoms with Crippen molar-refractivity contribution in [1.29, 1.82) is 0 Å². The zero-order valence-corrected chi connectivity index (χ0v) is 26.5. The highest BCUT2D eigenvalue weighted by atomic mass is 28.3. The molecule has 5 rings (SSSR count). The van der Waals surface area contributed by atoms with Crippen molar-refractivity contribution < 1.29 is 28.6 Å². The summed E-state index contributed by atoms with van der Waals surface area (Å²) in [6.45, 7) is 10.2. The molecule has 2 fully saturated rings. The average Bonchev–Trinajstić information content (AvgIpc) is 3.73. The van der Waals surface area contributed by atoms with Crippen molar-refractivity contribution >= 4 is 31.1 Å². The van der Waals surface area contributed by atoms with E-state index in [9.17, 15) is 14.0 Å². The molecule has 3 aromatic rings. The first-order valence-corrected chi connectivity index (χ1v) is 19.0. The minimum Gasteiger partial charge on any atom is -0.493 e. The normalized spacial score (nSPS) is 18.9. The van der Waals surface area contributed by atoms with Gasteiger partial charge in [0.05, 0.1) is 17.7 Å². The van der Waals surface area contributed by atoms with Gasteiger partial charge >= 0.3 is 6.09 Å². The van der Waals surface area contributed by atoms with Gasteiger partial charge in [-0.1, -0.05) is 19.6 Å². The third kappa shape index (κ3) is 7.75. The summed E-state index contributed by atoms with van der Waals surface area (Å²) in [6.07, 6.45) is 5.59. The largest absolute Gasteiger partial charge is 0.493 e. The van der Waals surface area contributed by atoms with E-state index in [4.69, 9.17) is 14.6 Å². The molecule has 2 saturated carbocycles. The van der Waals surface area contributed by atoms with E-state index < -0.39 is 14.2 Å². The second-order valence-electron chi connectivity index (χ2n) is 13.2. The van der Waals surface area contributed by atoms with Crippen molar-refractivity contribution in [3.05, 3.63) is 47.5 Å². The maximum absolute atomic E-state index is 14.7. The highest BCUT2D eigenvalue weighted by molar-refractivity contribution is 6.76. The molecule has 232 valence electrons. The Balaban J connectivity index is 1.49. The quantitative estimate of drug-likeness (QED) is 0.158. The van der Waals surface area contributed by atoms with Crippen molar-refractivity contribution in [2.24, 2.45) is 5.92 Å². The van der Waals surface area contributed by atoms with Gasteiger partial charge in [-0.15, -0.1) is 0 Å². The molecular formula is C32H43FN4O5Si. The molecule has 0 aliphatic heterocycles. The van der Waals surface area contributed by atoms with Crippen LogP contribution < -0.4 is 15.4 Å². The van der Waals surface area contributed by atoms with Crippen LogP contribution in [-0.2, 0) is 11.5 Å². The fraction of sp³-hybridized carbons (Fsp3) is 0.531. The van der Waals surface area contributed by atoms with Gasteiger partial charge in [0.2, 0.25) is 0 Å². The van der Waals surface area contributed by atoms with Gasteiger partial charge in [0.25, 0.3) is 5.91 Å². The zero-order valence-electron chi connectivity index (χ0n) is 25.5. The Kier molecular flexibility index (Phi) is 9.41. The second kappa shape index (κ2) is 13.0. The summed E-state index contributed by atoms with van der Waals surface area (Å²) in [6, 6.07) is 7.25. The van der Waals surface area contributed by atoms with Gasteiger partial charge in [-0.2, -0.15) is 0 Å². The Morgan fingerprint density at radius 1 is 1.05 bits per heavy atom. The number of nitrogens with zero attached hydrogens (tertiary/aromatic N) is 2. The number of benzene rings is 1. The van der Waals surface area contributed by atoms with Gasteiger partial charge in [-0.3, -0.25) is 9.78 Å². The van der Waals surface area contributed by atoms with Gasteiger partial charge < -0.3 is 29.8 Å². The summed E-state index contributed by atoms with van der Waals surface area (Å²) < 4.78 is 29.0. The minimum atomic E-state index is -1.31. The summed E-state index contributed by atoms with van der Waals surface area (Å²) in [7, 11) is -1.31. The molecule has 11 heteroatoms. The molecule has 9 nitrogen and oxygen atoms in total. The Morgan fingerprint density at radius 3 is 2.40 bits per heavy atom. The molecule has 0 atom stereocenters. The highest BCUT2D eigenvalue weighted by Gasteiger charge is 2.29. The standard InChI is InChI=1S/C32H43FN4O5Si/c1-20-28(31(38)35-23-8-10-24(11-9-23)36-32(39)40)29-30(37(20)19-41-15-16-43(2,3)4)25(13-14-34-29)26-17-22(33)7-12-27(26)42-18-21-5-6-21/h7,12-14,17,21,23-24,36H,5-6,8-11,15-16,18-19H2,1-4H3,(H,35,38)(H,39,40)/t23-,24+. The molecule has 2 amide bonds. The number of amides is 2. The van der Waals surface area contributed by atoms with E-state index in [0.29, 0.717) is 72.7 Å². The first-order chi connectivity index (χ1) is 20.5. The number of hydrogen-bond acceptors (Lipinski definition) is 5. The number of hydrogen-bond donors (Lipinski definition) is 3. The van der Waals surface area contributed by atoms with E-state index in [1.165, 1.54) is 12.1 Å². The molecule has 1 aromatic carbocycles. The lowest BCUT2D eigenvalue weighted by atomic mass is 9.91. The number of carbonyl (C=O) groups is 2. The second-order valence-corrected chi connectivity index (χ2v) is 18.8. The predicted molar refractivity (Wildman–Crippen MR) is 167 cm³/mol. The number of nitrogens with one attached hydrogen (secondary N) is 2. The van der Waals surface area contributed by atoms with E-state index >= 15 is 0 Å². The molecule has 0 unspecified atom stereocenters. The number of pyridine rings is 1. The van der Waals surface area contributed by atoms with Gasteiger partial charge in [-0.25, -0.2) is 9.18 Å². The molecule has 2 aliphatic carbocycles. The maximum Gasteiger partial charge on any atom is 0.404 e. The Labute approximate surface area is 253 Å². The zero-order chi connectivity index (χ0) is 30.7. The molecule has 0 radical (unpaired) electrons. The Bertz CT molecular complexity index is 1470. The van der Waals surface area contributed by atoms with Crippen LogP contribution in [0.4, 0.5) is 9.18 Å². The van der Waals surface area contributed by atoms with Crippen LogP contribution in [-0.4, -0.2) is 60.0 Å². The lowest BCUT2D eigenvalue weighted by Crippen LogP contribution is -2.43. The highest BCUT2D eigenvalue weighted by Crippen LogP contribution is 2.39. The number of carbonyl (C=O) groups excluding carboxylic acids is 1. The summed E-state index contributed by atoms with van der Waals surface area (Å²) in [5, 5.41) is 14.8. The third-order valence-electron chi connectivity index (χ3n) is 8.43. The molecule has 0 bridgehead atoms. The van der Waals surface area contributed by atoms with Crippen LogP contribution in [0.25, 0.3) is 22.2 Å². The molecule has 43 heavy (non-hydrogen) atoms. The molecule has 2 heterocycles. The monoisotopic (exact) mass is 610 g/mol. The number of rotatable bonds is 12. The van der Waals surface area contributed by atoms with Gasteiger partial charge in [0.1, 0.15) is 23.8 Å². The minimum absolute atomic E-state index is 0.0704. The van der Waals surface area contributed by atoms with Gasteiger partial charge in [0, 0.05) is 49.8 Å². The number of fused-ring (bicyclic) bond motifs is 1. The summed E-state index contributed by atoms with van der Waals surface area (Å²) >= 11 is 0. The topological polar surface area (TPSA) is 115 Å². The van der Waals surface area contributed by atoms with Crippen molar-refractivity contribution in [2.45, 2.75) is 89.9 Å². The number of carboxylic acid groups (broad SMARTS) is 1. The molecule has 2 aliphatic rings. The molecule has 3 N–H and O–H groups in total. The molecule has 2 aromatic heterocycles. The van der Waals surface area contributed by atoms with Crippen molar-refractivity contribution in [1.82, 2.24) is 20.2 Å². The van der Waals surface area contributed by atoms with Gasteiger partial charge in [0.15, 0.2) is 0 Å². The molecule has 0 spiro atoms. The lowest BCUT2D eigenvalue weighted by Gasteiger charge is -2.28. The van der Waals surface area contributed by atoms with Crippen molar-refractivity contribution in [2.75, 3.05) is 13.2 Å². The van der Waals surface area contributed by atoms with Crippen LogP contribution >= 0.6 is 0 Å². The number of halogens is 1. The van der Waals surface area contributed by atoms with Crippen molar-refractivity contribution in [3.8, 4) is 16.9 Å². The molecule has 0 saturated heterocycles. The first kappa shape index (κ1) is 31.0. The Morgan fingerprint density at radius 2 is 1.74 bits per heavy atom. The summed E-state index contributed by atoms with van der Waals surface area (Å²) in [5.74, 6) is 0.535. The van der Waals surface area contributed by atoms with Gasteiger partial charge in [-0.05, 0) is 81.7 Å². The van der Waals surface area contributed by atoms with Crippen LogP contribution in [0.1, 0.15) is 54.6 Å². The van der Waals surface area contributed by atoms with E-state index in [2.05, 4.69) is 35.3 Å². The van der Waals surface area contributed by atoms with Crippen LogP contribution in [0.5, 0.6) is 5.75 Å². The molecular weight excluding hydrogens is 567 g/mol. The summed E-state index contributed by atoms with van der Waals surface area (Å²) in [4.78, 5) is 29.5. The van der Waals surface area contributed by atoms with E-state index in [-0.39, 0.29) is 30.5 Å². The maximum atomic E-state index is 14.7. The lowest BCUT2D eigenvalue weighted by molar-refractivity contribution is 0.0878. The van der Waals surface area contributed by atoms with E-state index in [0.717, 1.165) is 30.1 Å². The van der Waals surface area contributed by atoms with Crippen LogP contribution in [0, 0.1) is 18.7 Å².